The summed E-state index contributed by atoms with van der Waals surface area (Å²) in [5.74, 6) is 1.85. The maximum atomic E-state index is 12.7. The third kappa shape index (κ3) is 9.07. The van der Waals surface area contributed by atoms with Crippen LogP contribution in [-0.4, -0.2) is 103 Å². The van der Waals surface area contributed by atoms with Crippen LogP contribution >= 0.6 is 0 Å². The summed E-state index contributed by atoms with van der Waals surface area (Å²) in [7, 11) is 5.41. The molecular weight excluding hydrogens is 817 g/mol. The predicted octanol–water partition coefficient (Wildman–Crippen LogP) is 5.93. The molecule has 1 fully saturated rings. The van der Waals surface area contributed by atoms with Gasteiger partial charge in [-0.1, -0.05) is 58.2 Å². The number of hydrogen-bond donors (Lipinski definition) is 3. The lowest BCUT2D eigenvalue weighted by atomic mass is 10.1. The molecule has 0 atom stereocenters. The topological polar surface area (TPSA) is 269 Å². The highest BCUT2D eigenvalue weighted by Gasteiger charge is 2.22. The largest absolute Gasteiger partial charge is 0.452 e. The average Bonchev–Trinajstić information content (AvgIpc) is 4.06. The van der Waals surface area contributed by atoms with Gasteiger partial charge in [-0.05, 0) is 37.3 Å². The summed E-state index contributed by atoms with van der Waals surface area (Å²) in [5, 5.41) is 15.4. The first-order valence-corrected chi connectivity index (χ1v) is 18.9. The van der Waals surface area contributed by atoms with Crippen molar-refractivity contribution in [2.75, 3.05) is 43.5 Å². The Labute approximate surface area is 369 Å². The summed E-state index contributed by atoms with van der Waals surface area (Å²) in [6.07, 6.45) is 4.89. The van der Waals surface area contributed by atoms with Crippen molar-refractivity contribution in [1.29, 1.82) is 0 Å². The normalized spacial score (nSPS) is 12.0. The lowest BCUT2D eigenvalue weighted by molar-refractivity contribution is 0.0303. The molecule has 64 heavy (non-hydrogen) atoms. The van der Waals surface area contributed by atoms with Gasteiger partial charge in [0, 0.05) is 50.9 Å². The van der Waals surface area contributed by atoms with E-state index in [2.05, 4.69) is 64.3 Å². The van der Waals surface area contributed by atoms with Gasteiger partial charge in [-0.15, -0.1) is 0 Å². The first-order valence-electron chi connectivity index (χ1n) is 18.9. The standard InChI is InChI=1S/C17H18N6O2.C13H13N5.C11H9N5O2.3CH4/c1-22-16-13(15(18)19-10-20-16)14(21-22)11-3-2-4-12(9-11)17(24)23-5-7-25-8-6-23;1-8-4-3-5-9(6-8)11-10-12(14)15-7-16-13(10)18(2)17-11;1-16-11-8(10(12)13-5-14-11)9(15-16)7-3-2-6(4-17)18-7;;;/h2-4,9-10H,5-8H2,1H3,(H2,18,19,20);3-7H,1-2H3,(H2,14,15,16);2-5H,1H3,(H2,12,13,14);3*1H4. The van der Waals surface area contributed by atoms with Crippen LogP contribution in [0.3, 0.4) is 0 Å². The second-order valence-electron chi connectivity index (χ2n) is 14.0. The number of anilines is 3. The van der Waals surface area contributed by atoms with Crippen molar-refractivity contribution in [2.45, 2.75) is 29.2 Å². The summed E-state index contributed by atoms with van der Waals surface area (Å²) in [5.41, 5.74) is 25.5. The van der Waals surface area contributed by atoms with Crippen LogP contribution in [0, 0.1) is 6.92 Å². The number of furan rings is 1. The number of nitrogens with two attached hydrogens (primary N) is 3. The van der Waals surface area contributed by atoms with Crippen LogP contribution in [0.2, 0.25) is 0 Å². The fourth-order valence-electron chi connectivity index (χ4n) is 6.99. The zero-order valence-electron chi connectivity index (χ0n) is 33.6. The molecule has 10 rings (SSSR count). The Balaban J connectivity index is 0.000000180. The number of carbonyl (C=O) groups is 2. The van der Waals surface area contributed by atoms with E-state index in [-0.39, 0.29) is 33.9 Å². The third-order valence-corrected chi connectivity index (χ3v) is 9.90. The van der Waals surface area contributed by atoms with Crippen molar-refractivity contribution in [1.82, 2.24) is 64.1 Å². The fourth-order valence-corrected chi connectivity index (χ4v) is 6.99. The third-order valence-electron chi connectivity index (χ3n) is 9.90. The van der Waals surface area contributed by atoms with E-state index >= 15 is 0 Å². The van der Waals surface area contributed by atoms with E-state index < -0.39 is 0 Å². The van der Waals surface area contributed by atoms with Crippen molar-refractivity contribution >= 4 is 62.7 Å². The Bertz CT molecular complexity index is 3070. The van der Waals surface area contributed by atoms with Crippen LogP contribution < -0.4 is 17.2 Å². The molecule has 20 nitrogen and oxygen atoms in total. The maximum Gasteiger partial charge on any atom is 0.254 e. The number of fused-ring (bicyclic) bond motifs is 3. The number of carbonyl (C=O) groups excluding carboxylic acids is 2. The van der Waals surface area contributed by atoms with E-state index in [0.717, 1.165) is 27.9 Å². The quantitative estimate of drug-likeness (QED) is 0.169. The summed E-state index contributed by atoms with van der Waals surface area (Å²) in [4.78, 5) is 49.7. The number of hydrogen-bond acceptors (Lipinski definition) is 16. The van der Waals surface area contributed by atoms with Gasteiger partial charge in [0.2, 0.25) is 0 Å². The molecular formula is C44H52N16O4. The Morgan fingerprint density at radius 1 is 0.625 bits per heavy atom. The molecule has 0 bridgehead atoms. The molecule has 9 aromatic rings. The number of morpholine rings is 1. The second-order valence-corrected chi connectivity index (χ2v) is 14.0. The highest BCUT2D eigenvalue weighted by Crippen LogP contribution is 2.32. The molecule has 0 radical (unpaired) electrons. The first kappa shape index (κ1) is 46.9. The molecule has 1 amide bonds. The number of nitrogens with zero attached hydrogens (tertiary/aromatic N) is 13. The molecule has 1 saturated heterocycles. The van der Waals surface area contributed by atoms with Crippen molar-refractivity contribution in [2.24, 2.45) is 21.1 Å². The molecule has 332 valence electrons. The smallest absolute Gasteiger partial charge is 0.254 e. The highest BCUT2D eigenvalue weighted by atomic mass is 16.5. The van der Waals surface area contributed by atoms with E-state index in [1.807, 2.05) is 43.4 Å². The van der Waals surface area contributed by atoms with Gasteiger partial charge < -0.3 is 31.3 Å². The van der Waals surface area contributed by atoms with Crippen molar-refractivity contribution in [3.8, 4) is 34.0 Å². The molecule has 20 heteroatoms. The molecule has 0 spiro atoms. The van der Waals surface area contributed by atoms with Crippen LogP contribution in [0.5, 0.6) is 0 Å². The predicted molar refractivity (Wildman–Crippen MR) is 248 cm³/mol. The minimum absolute atomic E-state index is 0. The Morgan fingerprint density at radius 3 is 1.58 bits per heavy atom. The van der Waals surface area contributed by atoms with Crippen molar-refractivity contribution in [3.05, 3.63) is 96.5 Å². The van der Waals surface area contributed by atoms with Gasteiger partial charge in [0.05, 0.1) is 29.4 Å². The number of benzene rings is 2. The van der Waals surface area contributed by atoms with Crippen molar-refractivity contribution in [3.63, 3.8) is 0 Å². The van der Waals surface area contributed by atoms with Gasteiger partial charge in [0.1, 0.15) is 53.5 Å². The molecule has 2 aromatic carbocycles. The number of aldehydes is 1. The number of aryl methyl sites for hydroxylation is 4. The lowest BCUT2D eigenvalue weighted by Crippen LogP contribution is -2.40. The molecule has 1 aliphatic rings. The monoisotopic (exact) mass is 868 g/mol. The van der Waals surface area contributed by atoms with Gasteiger partial charge in [-0.25, -0.2) is 43.9 Å². The number of rotatable bonds is 5. The second kappa shape index (κ2) is 19.7. The summed E-state index contributed by atoms with van der Waals surface area (Å²) in [6, 6.07) is 18.8. The van der Waals surface area contributed by atoms with E-state index in [4.69, 9.17) is 26.4 Å². The fraction of sp³-hybridized carbons (Fsp3) is 0.250. The Morgan fingerprint density at radius 2 is 1.09 bits per heavy atom. The molecule has 0 aliphatic carbocycles. The van der Waals surface area contributed by atoms with Crippen LogP contribution in [0.1, 0.15) is 48.8 Å². The molecule has 0 unspecified atom stereocenters. The molecule has 1 aliphatic heterocycles. The average molecular weight is 869 g/mol. The minimum Gasteiger partial charge on any atom is -0.452 e. The van der Waals surface area contributed by atoms with Gasteiger partial charge in [-0.3, -0.25) is 9.59 Å². The number of ether oxygens (including phenoxy) is 1. The maximum absolute atomic E-state index is 12.7. The van der Waals surface area contributed by atoms with Gasteiger partial charge in [-0.2, -0.15) is 15.3 Å². The minimum atomic E-state index is -0.00499. The SMILES string of the molecule is C.C.C.Cc1cccc(-c2nn(C)c3ncnc(N)c23)c1.Cn1nc(-c2ccc(C=O)o2)c2c(N)ncnc21.Cn1nc(-c2cccc(C(=O)N3CCOCC3)c2)c2c(N)ncnc21. The number of aromatic nitrogens is 12. The molecule has 6 N–H and O–H groups in total. The van der Waals surface area contributed by atoms with Crippen LogP contribution in [-0.2, 0) is 25.9 Å². The van der Waals surface area contributed by atoms with Crippen LogP contribution in [0.25, 0.3) is 67.1 Å². The summed E-state index contributed by atoms with van der Waals surface area (Å²) >= 11 is 0. The number of amides is 1. The highest BCUT2D eigenvalue weighted by molar-refractivity contribution is 6.01. The summed E-state index contributed by atoms with van der Waals surface area (Å²) in [6.45, 7) is 4.41. The Hall–Kier alpha value is -8.13. The zero-order valence-corrected chi connectivity index (χ0v) is 33.6. The van der Waals surface area contributed by atoms with E-state index in [1.54, 1.807) is 45.2 Å². The van der Waals surface area contributed by atoms with Gasteiger partial charge >= 0.3 is 0 Å². The lowest BCUT2D eigenvalue weighted by Gasteiger charge is -2.27. The van der Waals surface area contributed by atoms with Gasteiger partial charge in [0.25, 0.3) is 5.91 Å². The van der Waals surface area contributed by atoms with E-state index in [1.165, 1.54) is 24.5 Å². The molecule has 0 saturated carbocycles. The zero-order chi connectivity index (χ0) is 42.8. The summed E-state index contributed by atoms with van der Waals surface area (Å²) < 4.78 is 15.6. The van der Waals surface area contributed by atoms with Crippen LogP contribution in [0.4, 0.5) is 17.5 Å². The Kier molecular flexibility index (Phi) is 14.5. The van der Waals surface area contributed by atoms with E-state index in [9.17, 15) is 9.59 Å². The first-order chi connectivity index (χ1) is 29.5. The van der Waals surface area contributed by atoms with E-state index in [0.29, 0.717) is 94.8 Å². The van der Waals surface area contributed by atoms with Crippen molar-refractivity contribution < 1.29 is 18.7 Å². The molecule has 8 heterocycles. The van der Waals surface area contributed by atoms with Crippen LogP contribution in [0.15, 0.2) is 84.1 Å². The molecule has 7 aromatic heterocycles. The van der Waals surface area contributed by atoms with Gasteiger partial charge in [0.15, 0.2) is 34.7 Å². The number of nitrogen functional groups attached to an aromatic ring is 3.